The van der Waals surface area contributed by atoms with Crippen LogP contribution in [0.1, 0.15) is 0 Å². The lowest BCUT2D eigenvalue weighted by molar-refractivity contribution is -0.116. The van der Waals surface area contributed by atoms with Crippen LogP contribution in [0, 0.1) is 0 Å². The second-order valence-corrected chi connectivity index (χ2v) is 4.99. The highest BCUT2D eigenvalue weighted by molar-refractivity contribution is 8.15. The SMILES string of the molecule is O=C1CSC(=Nc2nnc(-c3ccccc3Cl)o2)N1. The molecule has 1 saturated heterocycles. The summed E-state index contributed by atoms with van der Waals surface area (Å²) in [5, 5.41) is 11.2. The van der Waals surface area contributed by atoms with Crippen molar-refractivity contribution < 1.29 is 9.21 Å². The Morgan fingerprint density at radius 3 is 2.95 bits per heavy atom. The van der Waals surface area contributed by atoms with E-state index in [0.29, 0.717) is 27.4 Å². The molecule has 1 amide bonds. The molecule has 0 spiro atoms. The Balaban J connectivity index is 1.88. The zero-order valence-corrected chi connectivity index (χ0v) is 11.0. The van der Waals surface area contributed by atoms with Gasteiger partial charge in [-0.1, -0.05) is 40.6 Å². The largest absolute Gasteiger partial charge is 0.402 e. The Morgan fingerprint density at radius 1 is 1.37 bits per heavy atom. The number of thioether (sulfide) groups is 1. The third-order valence-electron chi connectivity index (χ3n) is 2.30. The molecule has 2 aromatic rings. The summed E-state index contributed by atoms with van der Waals surface area (Å²) in [6.45, 7) is 0. The van der Waals surface area contributed by atoms with Crippen LogP contribution in [0.2, 0.25) is 5.02 Å². The topological polar surface area (TPSA) is 80.4 Å². The average molecular weight is 295 g/mol. The maximum Gasteiger partial charge on any atom is 0.345 e. The van der Waals surface area contributed by atoms with Crippen molar-refractivity contribution in [1.29, 1.82) is 0 Å². The van der Waals surface area contributed by atoms with Gasteiger partial charge in [0.05, 0.1) is 16.3 Å². The Hall–Kier alpha value is -1.86. The fourth-order valence-electron chi connectivity index (χ4n) is 1.48. The fraction of sp³-hybridized carbons (Fsp3) is 0.0909. The molecule has 2 heterocycles. The first-order chi connectivity index (χ1) is 9.22. The molecule has 1 aliphatic heterocycles. The number of nitrogens with zero attached hydrogens (tertiary/aromatic N) is 3. The lowest BCUT2D eigenvalue weighted by atomic mass is 10.2. The summed E-state index contributed by atoms with van der Waals surface area (Å²) in [7, 11) is 0. The van der Waals surface area contributed by atoms with Gasteiger partial charge in [0.2, 0.25) is 5.91 Å². The lowest BCUT2D eigenvalue weighted by Crippen LogP contribution is -2.19. The first-order valence-corrected chi connectivity index (χ1v) is 6.68. The van der Waals surface area contributed by atoms with Crippen molar-refractivity contribution in [2.24, 2.45) is 4.99 Å². The van der Waals surface area contributed by atoms with Gasteiger partial charge < -0.3 is 9.73 Å². The molecule has 8 heteroatoms. The van der Waals surface area contributed by atoms with Crippen molar-refractivity contribution in [3.63, 3.8) is 0 Å². The van der Waals surface area contributed by atoms with E-state index >= 15 is 0 Å². The lowest BCUT2D eigenvalue weighted by Gasteiger charge is -1.96. The van der Waals surface area contributed by atoms with Crippen LogP contribution in [-0.2, 0) is 4.79 Å². The summed E-state index contributed by atoms with van der Waals surface area (Å²) >= 11 is 7.32. The molecule has 0 saturated carbocycles. The van der Waals surface area contributed by atoms with Crippen LogP contribution in [-0.4, -0.2) is 27.0 Å². The number of aromatic nitrogens is 2. The molecule has 1 fully saturated rings. The van der Waals surface area contributed by atoms with E-state index in [4.69, 9.17) is 16.0 Å². The maximum absolute atomic E-state index is 11.0. The van der Waals surface area contributed by atoms with E-state index in [1.807, 2.05) is 12.1 Å². The van der Waals surface area contributed by atoms with E-state index in [0.717, 1.165) is 0 Å². The van der Waals surface area contributed by atoms with Crippen LogP contribution in [0.4, 0.5) is 6.01 Å². The van der Waals surface area contributed by atoms with E-state index in [9.17, 15) is 4.79 Å². The number of amides is 1. The molecule has 6 nitrogen and oxygen atoms in total. The molecule has 0 radical (unpaired) electrons. The Labute approximate surface area is 117 Å². The number of carbonyl (C=O) groups excluding carboxylic acids is 1. The molecule has 1 aromatic carbocycles. The highest BCUT2D eigenvalue weighted by Gasteiger charge is 2.18. The zero-order valence-electron chi connectivity index (χ0n) is 9.46. The number of nitrogens with one attached hydrogen (secondary N) is 1. The van der Waals surface area contributed by atoms with E-state index in [-0.39, 0.29) is 11.9 Å². The molecule has 1 aromatic heterocycles. The van der Waals surface area contributed by atoms with Crippen LogP contribution >= 0.6 is 23.4 Å². The summed E-state index contributed by atoms with van der Waals surface area (Å²) < 4.78 is 5.39. The summed E-state index contributed by atoms with van der Waals surface area (Å²) in [5.74, 6) is 0.554. The van der Waals surface area contributed by atoms with E-state index in [2.05, 4.69) is 20.5 Å². The molecular weight excluding hydrogens is 288 g/mol. The molecule has 0 unspecified atom stereocenters. The fourth-order valence-corrected chi connectivity index (χ4v) is 2.36. The van der Waals surface area contributed by atoms with Crippen molar-refractivity contribution in [2.75, 3.05) is 5.75 Å². The number of carbonyl (C=O) groups is 1. The number of hydrogen-bond acceptors (Lipinski definition) is 6. The molecule has 19 heavy (non-hydrogen) atoms. The molecular formula is C11H7ClN4O2S. The number of benzene rings is 1. The Bertz CT molecular complexity index is 670. The third kappa shape index (κ3) is 2.61. The van der Waals surface area contributed by atoms with Crippen molar-refractivity contribution in [1.82, 2.24) is 15.5 Å². The highest BCUT2D eigenvalue weighted by atomic mass is 35.5. The monoisotopic (exact) mass is 294 g/mol. The molecule has 0 atom stereocenters. The van der Waals surface area contributed by atoms with Gasteiger partial charge in [-0.3, -0.25) is 4.79 Å². The van der Waals surface area contributed by atoms with Gasteiger partial charge in [-0.25, -0.2) is 0 Å². The molecule has 3 rings (SSSR count). The second-order valence-electron chi connectivity index (χ2n) is 3.62. The normalized spacial score (nSPS) is 16.9. The van der Waals surface area contributed by atoms with Crippen LogP contribution in [0.25, 0.3) is 11.5 Å². The first-order valence-electron chi connectivity index (χ1n) is 5.32. The summed E-state index contributed by atoms with van der Waals surface area (Å²) in [5.41, 5.74) is 0.645. The standard InChI is InChI=1S/C11H7ClN4O2S/c12-7-4-2-1-3-6(7)9-15-16-10(18-9)14-11-13-8(17)5-19-11/h1-4H,5H2,(H,13,14,16,17). The predicted molar refractivity (Wildman–Crippen MR) is 72.4 cm³/mol. The summed E-state index contributed by atoms with van der Waals surface area (Å²) in [6, 6.07) is 7.23. The van der Waals surface area contributed by atoms with Gasteiger partial charge in [0.15, 0.2) is 5.17 Å². The predicted octanol–water partition coefficient (Wildman–Crippen LogP) is 2.24. The minimum atomic E-state index is -0.0883. The van der Waals surface area contributed by atoms with Gasteiger partial charge in [-0.05, 0) is 12.1 Å². The zero-order chi connectivity index (χ0) is 13.2. The van der Waals surface area contributed by atoms with Crippen molar-refractivity contribution in [3.8, 4) is 11.5 Å². The molecule has 1 aliphatic rings. The van der Waals surface area contributed by atoms with Crippen LogP contribution < -0.4 is 5.32 Å². The highest BCUT2D eigenvalue weighted by Crippen LogP contribution is 2.28. The van der Waals surface area contributed by atoms with E-state index in [1.165, 1.54) is 11.8 Å². The quantitative estimate of drug-likeness (QED) is 0.918. The average Bonchev–Trinajstić information content (AvgIpc) is 3.00. The smallest absolute Gasteiger partial charge is 0.345 e. The molecule has 96 valence electrons. The molecule has 1 N–H and O–H groups in total. The van der Waals surface area contributed by atoms with Gasteiger partial charge in [-0.2, -0.15) is 4.99 Å². The Morgan fingerprint density at radius 2 is 2.21 bits per heavy atom. The summed E-state index contributed by atoms with van der Waals surface area (Å²) in [6.07, 6.45) is 0. The second kappa shape index (κ2) is 5.02. The summed E-state index contributed by atoms with van der Waals surface area (Å²) in [4.78, 5) is 15.1. The van der Waals surface area contributed by atoms with Gasteiger partial charge in [-0.15, -0.1) is 5.10 Å². The van der Waals surface area contributed by atoms with E-state index in [1.54, 1.807) is 12.1 Å². The minimum Gasteiger partial charge on any atom is -0.402 e. The number of amidine groups is 1. The van der Waals surface area contributed by atoms with Crippen LogP contribution in [0.3, 0.4) is 0 Å². The first kappa shape index (κ1) is 12.2. The number of halogens is 1. The third-order valence-corrected chi connectivity index (χ3v) is 3.51. The molecule has 0 bridgehead atoms. The Kier molecular flexibility index (Phi) is 3.22. The molecule has 0 aliphatic carbocycles. The van der Waals surface area contributed by atoms with Gasteiger partial charge in [0.25, 0.3) is 5.89 Å². The van der Waals surface area contributed by atoms with Gasteiger partial charge >= 0.3 is 6.01 Å². The minimum absolute atomic E-state index is 0.0830. The van der Waals surface area contributed by atoms with Crippen LogP contribution in [0.5, 0.6) is 0 Å². The van der Waals surface area contributed by atoms with Gasteiger partial charge in [0, 0.05) is 0 Å². The maximum atomic E-state index is 11.0. The van der Waals surface area contributed by atoms with E-state index < -0.39 is 0 Å². The van der Waals surface area contributed by atoms with Crippen LogP contribution in [0.15, 0.2) is 33.7 Å². The van der Waals surface area contributed by atoms with Crippen molar-refractivity contribution >= 4 is 40.5 Å². The number of hydrogen-bond donors (Lipinski definition) is 1. The van der Waals surface area contributed by atoms with Gasteiger partial charge in [0.1, 0.15) is 0 Å². The van der Waals surface area contributed by atoms with Crippen molar-refractivity contribution in [3.05, 3.63) is 29.3 Å². The number of aliphatic imine (C=N–C) groups is 1. The van der Waals surface area contributed by atoms with Crippen molar-refractivity contribution in [2.45, 2.75) is 0 Å². The number of rotatable bonds is 2.